The maximum Gasteiger partial charge on any atom is 0.147 e. The molecule has 1 aromatic heterocycles. The first kappa shape index (κ1) is 12.9. The minimum Gasteiger partial charge on any atom is -0.455 e. The number of halogens is 1. The number of pyridine rings is 1. The van der Waals surface area contributed by atoms with Crippen molar-refractivity contribution >= 4 is 11.6 Å². The van der Waals surface area contributed by atoms with Gasteiger partial charge < -0.3 is 9.84 Å². The fraction of sp³-hybridized carbons (Fsp3) is 0.214. The average Bonchev–Trinajstić information content (AvgIpc) is 2.38. The third-order valence-corrected chi connectivity index (χ3v) is 2.78. The van der Waals surface area contributed by atoms with Crippen LogP contribution in [0.2, 0.25) is 5.02 Å². The molecule has 1 aromatic carbocycles. The molecule has 0 radical (unpaired) electrons. The summed E-state index contributed by atoms with van der Waals surface area (Å²) in [6, 6.07) is 9.08. The zero-order valence-electron chi connectivity index (χ0n) is 10.0. The van der Waals surface area contributed by atoms with Crippen LogP contribution in [0.1, 0.15) is 25.0 Å². The number of hydrogen-bond acceptors (Lipinski definition) is 3. The lowest BCUT2D eigenvalue weighted by atomic mass is 10.1. The average molecular weight is 264 g/mol. The number of hydrogen-bond donors (Lipinski definition) is 1. The van der Waals surface area contributed by atoms with Crippen LogP contribution in [0.25, 0.3) is 0 Å². The Balaban J connectivity index is 2.29. The smallest absolute Gasteiger partial charge is 0.147 e. The van der Waals surface area contributed by atoms with Gasteiger partial charge in [0.05, 0.1) is 17.3 Å². The molecule has 0 aliphatic carbocycles. The fourth-order valence-electron chi connectivity index (χ4n) is 1.64. The van der Waals surface area contributed by atoms with Crippen molar-refractivity contribution in [2.45, 2.75) is 19.4 Å². The van der Waals surface area contributed by atoms with Gasteiger partial charge in [-0.1, -0.05) is 36.7 Å². The molecule has 18 heavy (non-hydrogen) atoms. The first-order valence-electron chi connectivity index (χ1n) is 5.76. The standard InChI is InChI=1S/C14H14ClNO2/c1-2-13(17)12-5-3-4-6-14(12)18-11-7-10(15)8-16-9-11/h3-9,13,17H,2H2,1H3. The number of ether oxygens (including phenoxy) is 1. The topological polar surface area (TPSA) is 42.4 Å². The van der Waals surface area contributed by atoms with E-state index < -0.39 is 6.10 Å². The van der Waals surface area contributed by atoms with Crippen LogP contribution in [0, 0.1) is 0 Å². The van der Waals surface area contributed by atoms with Gasteiger partial charge in [0.15, 0.2) is 0 Å². The molecule has 0 amide bonds. The van der Waals surface area contributed by atoms with Crippen molar-refractivity contribution in [3.05, 3.63) is 53.3 Å². The monoisotopic (exact) mass is 263 g/mol. The van der Waals surface area contributed by atoms with Gasteiger partial charge in [-0.3, -0.25) is 4.98 Å². The fourth-order valence-corrected chi connectivity index (χ4v) is 1.81. The lowest BCUT2D eigenvalue weighted by molar-refractivity contribution is 0.170. The SMILES string of the molecule is CCC(O)c1ccccc1Oc1cncc(Cl)c1. The highest BCUT2D eigenvalue weighted by Crippen LogP contribution is 2.31. The molecule has 1 unspecified atom stereocenters. The summed E-state index contributed by atoms with van der Waals surface area (Å²) in [7, 11) is 0. The van der Waals surface area contributed by atoms with E-state index in [1.165, 1.54) is 0 Å². The van der Waals surface area contributed by atoms with Crippen molar-refractivity contribution in [2.75, 3.05) is 0 Å². The Morgan fingerprint density at radius 3 is 2.83 bits per heavy atom. The molecule has 0 saturated heterocycles. The number of rotatable bonds is 4. The van der Waals surface area contributed by atoms with Crippen molar-refractivity contribution < 1.29 is 9.84 Å². The Labute approximate surface area is 111 Å². The number of aliphatic hydroxyl groups is 1. The van der Waals surface area contributed by atoms with Crippen LogP contribution >= 0.6 is 11.6 Å². The van der Waals surface area contributed by atoms with Crippen LogP contribution in [0.5, 0.6) is 11.5 Å². The normalized spacial score (nSPS) is 12.2. The lowest BCUT2D eigenvalue weighted by Gasteiger charge is -2.14. The number of aromatic nitrogens is 1. The summed E-state index contributed by atoms with van der Waals surface area (Å²) in [6.45, 7) is 1.92. The molecule has 0 saturated carbocycles. The molecule has 2 rings (SSSR count). The van der Waals surface area contributed by atoms with Gasteiger partial charge in [-0.25, -0.2) is 0 Å². The quantitative estimate of drug-likeness (QED) is 0.908. The molecule has 94 valence electrons. The number of nitrogens with zero attached hydrogens (tertiary/aromatic N) is 1. The molecule has 0 aliphatic rings. The predicted octanol–water partition coefficient (Wildman–Crippen LogP) is 3.97. The summed E-state index contributed by atoms with van der Waals surface area (Å²) in [4.78, 5) is 3.96. The van der Waals surface area contributed by atoms with Crippen molar-refractivity contribution in [1.82, 2.24) is 4.98 Å². The summed E-state index contributed by atoms with van der Waals surface area (Å²) >= 11 is 5.85. The van der Waals surface area contributed by atoms with Gasteiger partial charge in [0, 0.05) is 17.8 Å². The van der Waals surface area contributed by atoms with Crippen LogP contribution in [-0.2, 0) is 0 Å². The number of benzene rings is 1. The summed E-state index contributed by atoms with van der Waals surface area (Å²) < 4.78 is 5.71. The van der Waals surface area contributed by atoms with Crippen LogP contribution in [0.4, 0.5) is 0 Å². The Hall–Kier alpha value is -1.58. The molecule has 0 fully saturated rings. The van der Waals surface area contributed by atoms with Crippen LogP contribution in [0.15, 0.2) is 42.7 Å². The predicted molar refractivity (Wildman–Crippen MR) is 71.0 cm³/mol. The van der Waals surface area contributed by atoms with Gasteiger partial charge in [0.1, 0.15) is 11.5 Å². The highest BCUT2D eigenvalue weighted by molar-refractivity contribution is 6.30. The molecule has 1 heterocycles. The summed E-state index contributed by atoms with van der Waals surface area (Å²) in [5.74, 6) is 1.18. The first-order valence-corrected chi connectivity index (χ1v) is 6.14. The van der Waals surface area contributed by atoms with Crippen LogP contribution in [-0.4, -0.2) is 10.1 Å². The second kappa shape index (κ2) is 5.85. The largest absolute Gasteiger partial charge is 0.455 e. The van der Waals surface area contributed by atoms with E-state index in [9.17, 15) is 5.11 Å². The van der Waals surface area contributed by atoms with Gasteiger partial charge in [0.2, 0.25) is 0 Å². The van der Waals surface area contributed by atoms with Crippen LogP contribution in [0.3, 0.4) is 0 Å². The van der Waals surface area contributed by atoms with Gasteiger partial charge in [0.25, 0.3) is 0 Å². The third kappa shape index (κ3) is 3.00. The molecule has 0 bridgehead atoms. The Kier molecular flexibility index (Phi) is 4.18. The van der Waals surface area contributed by atoms with Crippen molar-refractivity contribution in [2.24, 2.45) is 0 Å². The van der Waals surface area contributed by atoms with E-state index in [2.05, 4.69) is 4.98 Å². The number of aliphatic hydroxyl groups excluding tert-OH is 1. The highest BCUT2D eigenvalue weighted by Gasteiger charge is 2.11. The zero-order valence-corrected chi connectivity index (χ0v) is 10.8. The van der Waals surface area contributed by atoms with E-state index in [-0.39, 0.29) is 0 Å². The molecule has 3 nitrogen and oxygen atoms in total. The van der Waals surface area contributed by atoms with Crippen LogP contribution < -0.4 is 4.74 Å². The van der Waals surface area contributed by atoms with E-state index >= 15 is 0 Å². The molecule has 0 spiro atoms. The maximum atomic E-state index is 9.92. The minimum atomic E-state index is -0.534. The summed E-state index contributed by atoms with van der Waals surface area (Å²) in [5, 5.41) is 10.4. The third-order valence-electron chi connectivity index (χ3n) is 2.57. The van der Waals surface area contributed by atoms with E-state index in [1.807, 2.05) is 31.2 Å². The minimum absolute atomic E-state index is 0.515. The number of para-hydroxylation sites is 1. The molecular weight excluding hydrogens is 250 g/mol. The van der Waals surface area contributed by atoms with Gasteiger partial charge in [-0.2, -0.15) is 0 Å². The van der Waals surface area contributed by atoms with Crippen molar-refractivity contribution in [3.63, 3.8) is 0 Å². The van der Waals surface area contributed by atoms with E-state index in [0.29, 0.717) is 22.9 Å². The van der Waals surface area contributed by atoms with E-state index in [0.717, 1.165) is 5.56 Å². The zero-order chi connectivity index (χ0) is 13.0. The Morgan fingerprint density at radius 1 is 1.33 bits per heavy atom. The molecule has 1 atom stereocenters. The van der Waals surface area contributed by atoms with E-state index in [4.69, 9.17) is 16.3 Å². The second-order valence-corrected chi connectivity index (χ2v) is 4.34. The van der Waals surface area contributed by atoms with E-state index in [1.54, 1.807) is 18.5 Å². The first-order chi connectivity index (χ1) is 8.70. The Morgan fingerprint density at radius 2 is 2.11 bits per heavy atom. The molecule has 0 aliphatic heterocycles. The Bertz CT molecular complexity index is 531. The summed E-state index contributed by atoms with van der Waals surface area (Å²) in [6.07, 6.45) is 3.23. The van der Waals surface area contributed by atoms with Crippen molar-refractivity contribution in [1.29, 1.82) is 0 Å². The second-order valence-electron chi connectivity index (χ2n) is 3.90. The maximum absolute atomic E-state index is 9.92. The van der Waals surface area contributed by atoms with Gasteiger partial charge in [-0.15, -0.1) is 0 Å². The molecular formula is C14H14ClNO2. The lowest BCUT2D eigenvalue weighted by Crippen LogP contribution is -1.98. The van der Waals surface area contributed by atoms with Gasteiger partial charge >= 0.3 is 0 Å². The van der Waals surface area contributed by atoms with Gasteiger partial charge in [-0.05, 0) is 12.5 Å². The molecule has 4 heteroatoms. The summed E-state index contributed by atoms with van der Waals surface area (Å²) in [5.41, 5.74) is 0.764. The molecule has 2 aromatic rings. The van der Waals surface area contributed by atoms with Crippen molar-refractivity contribution in [3.8, 4) is 11.5 Å². The molecule has 1 N–H and O–H groups in total. The highest BCUT2D eigenvalue weighted by atomic mass is 35.5.